The van der Waals surface area contributed by atoms with E-state index in [1.165, 1.54) is 16.7 Å². The summed E-state index contributed by atoms with van der Waals surface area (Å²) in [6, 6.07) is 12.2. The summed E-state index contributed by atoms with van der Waals surface area (Å²) in [7, 11) is 0. The summed E-state index contributed by atoms with van der Waals surface area (Å²) in [6.45, 7) is 3.23. The maximum atomic E-state index is 12.5. The lowest BCUT2D eigenvalue weighted by molar-refractivity contribution is 0.0950. The molecule has 0 bridgehead atoms. The summed E-state index contributed by atoms with van der Waals surface area (Å²) in [5.41, 5.74) is 5.67. The number of nitrogens with one attached hydrogen (secondary N) is 2. The highest BCUT2D eigenvalue weighted by Gasteiger charge is 2.17. The van der Waals surface area contributed by atoms with Crippen LogP contribution >= 0.6 is 0 Å². The van der Waals surface area contributed by atoms with E-state index in [0.29, 0.717) is 6.54 Å². The van der Waals surface area contributed by atoms with E-state index in [0.717, 1.165) is 55.8 Å². The van der Waals surface area contributed by atoms with Crippen molar-refractivity contribution in [3.63, 3.8) is 0 Å². The molecule has 0 radical (unpaired) electrons. The fraction of sp³-hybridized carbons (Fsp3) is 0.350. The first kappa shape index (κ1) is 15.2. The van der Waals surface area contributed by atoms with Crippen LogP contribution in [0.25, 0.3) is 0 Å². The Morgan fingerprint density at radius 2 is 1.92 bits per heavy atom. The molecule has 0 unspecified atom stereocenters. The summed E-state index contributed by atoms with van der Waals surface area (Å²) in [4.78, 5) is 12.5. The zero-order chi connectivity index (χ0) is 16.4. The van der Waals surface area contributed by atoms with Crippen molar-refractivity contribution in [1.82, 2.24) is 10.6 Å². The van der Waals surface area contributed by atoms with Crippen LogP contribution in [0.3, 0.4) is 0 Å². The van der Waals surface area contributed by atoms with Crippen LogP contribution in [0.15, 0.2) is 36.4 Å². The Hall–Kier alpha value is -2.33. The van der Waals surface area contributed by atoms with E-state index >= 15 is 0 Å². The van der Waals surface area contributed by atoms with Gasteiger partial charge in [-0.1, -0.05) is 24.3 Å². The lowest BCUT2D eigenvalue weighted by atomic mass is 9.99. The molecule has 2 aromatic rings. The molecule has 0 atom stereocenters. The predicted molar refractivity (Wildman–Crippen MR) is 93.5 cm³/mol. The number of benzene rings is 2. The number of carbonyl (C=O) groups excluding carboxylic acids is 1. The van der Waals surface area contributed by atoms with Gasteiger partial charge in [0.15, 0.2) is 0 Å². The van der Waals surface area contributed by atoms with Crippen LogP contribution in [0.2, 0.25) is 0 Å². The fourth-order valence-electron chi connectivity index (χ4n) is 3.51. The molecule has 0 aliphatic carbocycles. The average Bonchev–Trinajstić information content (AvgIpc) is 2.97. The average molecular weight is 322 g/mol. The number of ether oxygens (including phenoxy) is 1. The molecule has 2 N–H and O–H groups in total. The summed E-state index contributed by atoms with van der Waals surface area (Å²) < 4.78 is 5.70. The van der Waals surface area contributed by atoms with Crippen molar-refractivity contribution in [2.24, 2.45) is 0 Å². The zero-order valence-electron chi connectivity index (χ0n) is 13.7. The first-order valence-corrected chi connectivity index (χ1v) is 8.65. The van der Waals surface area contributed by atoms with Crippen LogP contribution in [0.1, 0.15) is 32.6 Å². The lowest BCUT2D eigenvalue weighted by Gasteiger charge is -2.11. The van der Waals surface area contributed by atoms with Crippen molar-refractivity contribution < 1.29 is 9.53 Å². The Morgan fingerprint density at radius 1 is 1.04 bits per heavy atom. The van der Waals surface area contributed by atoms with E-state index in [1.54, 1.807) is 0 Å². The number of fused-ring (bicyclic) bond motifs is 2. The topological polar surface area (TPSA) is 50.4 Å². The van der Waals surface area contributed by atoms with Crippen molar-refractivity contribution in [1.29, 1.82) is 0 Å². The van der Waals surface area contributed by atoms with Gasteiger partial charge in [-0.15, -0.1) is 0 Å². The molecule has 124 valence electrons. The van der Waals surface area contributed by atoms with Crippen molar-refractivity contribution in [3.8, 4) is 5.75 Å². The Labute approximate surface area is 142 Å². The van der Waals surface area contributed by atoms with Crippen LogP contribution in [0.4, 0.5) is 0 Å². The Balaban J connectivity index is 1.47. The lowest BCUT2D eigenvalue weighted by Crippen LogP contribution is -2.23. The van der Waals surface area contributed by atoms with Gasteiger partial charge in [-0.3, -0.25) is 4.79 Å². The van der Waals surface area contributed by atoms with Gasteiger partial charge in [0.1, 0.15) is 5.75 Å². The molecule has 2 heterocycles. The molecule has 2 aliphatic heterocycles. The standard InChI is InChI=1S/C20H22N2O2/c23-20(17-5-4-14-6-9-21-10-7-16(14)12-17)22-13-18-3-1-2-15-8-11-24-19(15)18/h1-5,12,21H,6-11,13H2,(H,22,23). The Bertz CT molecular complexity index is 770. The first-order chi connectivity index (χ1) is 11.8. The largest absolute Gasteiger partial charge is 0.493 e. The molecule has 0 aromatic heterocycles. The second-order valence-electron chi connectivity index (χ2n) is 6.42. The number of rotatable bonds is 3. The van der Waals surface area contributed by atoms with Crippen molar-refractivity contribution in [2.75, 3.05) is 19.7 Å². The highest BCUT2D eigenvalue weighted by atomic mass is 16.5. The number of para-hydroxylation sites is 1. The van der Waals surface area contributed by atoms with Gasteiger partial charge in [-0.25, -0.2) is 0 Å². The molecule has 1 amide bonds. The van der Waals surface area contributed by atoms with Gasteiger partial charge in [-0.2, -0.15) is 0 Å². The van der Waals surface area contributed by atoms with Crippen molar-refractivity contribution >= 4 is 5.91 Å². The number of carbonyl (C=O) groups is 1. The highest BCUT2D eigenvalue weighted by molar-refractivity contribution is 5.94. The zero-order valence-corrected chi connectivity index (χ0v) is 13.7. The molecule has 4 rings (SSSR count). The molecule has 0 saturated heterocycles. The van der Waals surface area contributed by atoms with Crippen LogP contribution in [0.5, 0.6) is 5.75 Å². The molecule has 2 aromatic carbocycles. The summed E-state index contributed by atoms with van der Waals surface area (Å²) in [5.74, 6) is 0.927. The van der Waals surface area contributed by atoms with Gasteiger partial charge in [0.2, 0.25) is 0 Å². The molecular weight excluding hydrogens is 300 g/mol. The van der Waals surface area contributed by atoms with Crippen molar-refractivity contribution in [2.45, 2.75) is 25.8 Å². The van der Waals surface area contributed by atoms with Gasteiger partial charge >= 0.3 is 0 Å². The van der Waals surface area contributed by atoms with E-state index in [-0.39, 0.29) is 5.91 Å². The predicted octanol–water partition coefficient (Wildman–Crippen LogP) is 2.24. The number of hydrogen-bond donors (Lipinski definition) is 2. The Kier molecular flexibility index (Phi) is 4.22. The highest BCUT2D eigenvalue weighted by Crippen LogP contribution is 2.29. The molecule has 4 nitrogen and oxygen atoms in total. The monoisotopic (exact) mass is 322 g/mol. The number of amides is 1. The van der Waals surface area contributed by atoms with Gasteiger partial charge in [-0.05, 0) is 54.8 Å². The third-order valence-corrected chi connectivity index (χ3v) is 4.85. The third kappa shape index (κ3) is 3.02. The van der Waals surface area contributed by atoms with E-state index in [2.05, 4.69) is 22.8 Å². The van der Waals surface area contributed by atoms with Gasteiger partial charge in [0, 0.05) is 24.1 Å². The van der Waals surface area contributed by atoms with Crippen LogP contribution in [-0.2, 0) is 25.8 Å². The molecule has 0 spiro atoms. The minimum Gasteiger partial charge on any atom is -0.493 e. The van der Waals surface area contributed by atoms with E-state index < -0.39 is 0 Å². The fourth-order valence-corrected chi connectivity index (χ4v) is 3.51. The maximum absolute atomic E-state index is 12.5. The summed E-state index contributed by atoms with van der Waals surface area (Å²) in [6.07, 6.45) is 2.97. The van der Waals surface area contributed by atoms with Crippen molar-refractivity contribution in [3.05, 3.63) is 64.2 Å². The SMILES string of the molecule is O=C(NCc1cccc2c1OCC2)c1ccc2c(c1)CCNCC2. The van der Waals surface area contributed by atoms with Gasteiger partial charge in [0.05, 0.1) is 6.61 Å². The van der Waals surface area contributed by atoms with Crippen LogP contribution in [0, 0.1) is 0 Å². The van der Waals surface area contributed by atoms with Crippen LogP contribution < -0.4 is 15.4 Å². The summed E-state index contributed by atoms with van der Waals surface area (Å²) >= 11 is 0. The smallest absolute Gasteiger partial charge is 0.251 e. The third-order valence-electron chi connectivity index (χ3n) is 4.85. The van der Waals surface area contributed by atoms with Gasteiger partial charge in [0.25, 0.3) is 5.91 Å². The second-order valence-corrected chi connectivity index (χ2v) is 6.42. The molecular formula is C20H22N2O2. The normalized spacial score (nSPS) is 15.8. The minimum absolute atomic E-state index is 0.0226. The second kappa shape index (κ2) is 6.65. The van der Waals surface area contributed by atoms with E-state index in [4.69, 9.17) is 4.74 Å². The molecule has 4 heteroatoms. The molecule has 2 aliphatic rings. The quantitative estimate of drug-likeness (QED) is 0.911. The van der Waals surface area contributed by atoms with Gasteiger partial charge < -0.3 is 15.4 Å². The summed E-state index contributed by atoms with van der Waals surface area (Å²) in [5, 5.41) is 6.43. The Morgan fingerprint density at radius 3 is 2.83 bits per heavy atom. The molecule has 0 fully saturated rings. The first-order valence-electron chi connectivity index (χ1n) is 8.65. The van der Waals surface area contributed by atoms with E-state index in [1.807, 2.05) is 24.3 Å². The minimum atomic E-state index is -0.0226. The molecule has 0 saturated carbocycles. The van der Waals surface area contributed by atoms with E-state index in [9.17, 15) is 4.79 Å². The van der Waals surface area contributed by atoms with Crippen LogP contribution in [-0.4, -0.2) is 25.6 Å². The number of hydrogen-bond acceptors (Lipinski definition) is 3. The molecule has 24 heavy (non-hydrogen) atoms. The maximum Gasteiger partial charge on any atom is 0.251 e.